The Balaban J connectivity index is 2.33. The first-order valence-electron chi connectivity index (χ1n) is 23.1. The molecular weight excluding hydrogens is 695 g/mol. The van der Waals surface area contributed by atoms with Crippen molar-refractivity contribution < 1.29 is 39.8 Å². The van der Waals surface area contributed by atoms with E-state index < -0.39 is 49.5 Å². The second kappa shape index (κ2) is 37.0. The first-order valence-corrected chi connectivity index (χ1v) is 23.1. The number of allylic oxidation sites excluding steroid dienone is 3. The second-order valence-electron chi connectivity index (χ2n) is 16.2. The van der Waals surface area contributed by atoms with Gasteiger partial charge in [0.05, 0.1) is 25.4 Å². The van der Waals surface area contributed by atoms with Crippen LogP contribution in [0.1, 0.15) is 206 Å². The third-order valence-corrected chi connectivity index (χ3v) is 11.0. The molecule has 1 fully saturated rings. The van der Waals surface area contributed by atoms with E-state index in [1.165, 1.54) is 148 Å². The molecule has 1 rings (SSSR count). The molecule has 0 radical (unpaired) electrons. The van der Waals surface area contributed by atoms with E-state index >= 15 is 0 Å². The lowest BCUT2D eigenvalue weighted by Gasteiger charge is -2.40. The lowest BCUT2D eigenvalue weighted by molar-refractivity contribution is -0.302. The van der Waals surface area contributed by atoms with Crippen molar-refractivity contribution in [2.45, 2.75) is 249 Å². The zero-order valence-electron chi connectivity index (χ0n) is 35.4. The highest BCUT2D eigenvalue weighted by atomic mass is 16.7. The Hall–Kier alpha value is -1.33. The molecule has 6 N–H and O–H groups in total. The predicted octanol–water partition coefficient (Wildman–Crippen LogP) is 9.50. The highest BCUT2D eigenvalue weighted by molar-refractivity contribution is 5.76. The lowest BCUT2D eigenvalue weighted by Crippen LogP contribution is -2.60. The molecule has 1 aliphatic heterocycles. The highest BCUT2D eigenvalue weighted by Gasteiger charge is 2.44. The van der Waals surface area contributed by atoms with Gasteiger partial charge in [-0.25, -0.2) is 0 Å². The maximum atomic E-state index is 12.9. The van der Waals surface area contributed by atoms with Crippen LogP contribution in [0.25, 0.3) is 0 Å². The summed E-state index contributed by atoms with van der Waals surface area (Å²) in [5.74, 6) is -0.188. The van der Waals surface area contributed by atoms with Gasteiger partial charge in [-0.3, -0.25) is 4.79 Å². The van der Waals surface area contributed by atoms with Crippen LogP contribution in [0.15, 0.2) is 24.3 Å². The van der Waals surface area contributed by atoms with Crippen LogP contribution in [-0.2, 0) is 14.3 Å². The summed E-state index contributed by atoms with van der Waals surface area (Å²) in [7, 11) is 0. The first kappa shape index (κ1) is 51.7. The number of hydrogen-bond donors (Lipinski definition) is 6. The molecule has 1 amide bonds. The normalized spacial score (nSPS) is 21.5. The summed E-state index contributed by atoms with van der Waals surface area (Å²) < 4.78 is 11.2. The summed E-state index contributed by atoms with van der Waals surface area (Å²) in [6.07, 6.45) is 36.7. The number of unbranched alkanes of at least 4 members (excludes halogenated alkanes) is 26. The predicted molar refractivity (Wildman–Crippen MR) is 226 cm³/mol. The molecule has 0 aromatic carbocycles. The molecular formula is C46H87NO8. The molecule has 1 saturated heterocycles. The smallest absolute Gasteiger partial charge is 0.220 e. The number of ether oxygens (including phenoxy) is 2. The third-order valence-electron chi connectivity index (χ3n) is 11.0. The van der Waals surface area contributed by atoms with Gasteiger partial charge in [-0.05, 0) is 32.1 Å². The van der Waals surface area contributed by atoms with Crippen molar-refractivity contribution in [3.63, 3.8) is 0 Å². The fraction of sp³-hybridized carbons (Fsp3) is 0.891. The SMILES string of the molecule is CCCCCCCCCCCCCCCCCC/C=C/CC/C=C/C(O)C(COC1OC(CO)C(O)C(O)C1O)NC(=O)CCCCCCCCCCCC. The van der Waals surface area contributed by atoms with Crippen LogP contribution in [0, 0.1) is 0 Å². The number of carbonyl (C=O) groups is 1. The fourth-order valence-electron chi connectivity index (χ4n) is 7.29. The van der Waals surface area contributed by atoms with E-state index in [2.05, 4.69) is 31.3 Å². The van der Waals surface area contributed by atoms with E-state index in [0.717, 1.165) is 38.5 Å². The van der Waals surface area contributed by atoms with Gasteiger partial charge in [0.1, 0.15) is 24.4 Å². The Morgan fingerprint density at radius 1 is 0.600 bits per heavy atom. The van der Waals surface area contributed by atoms with Crippen molar-refractivity contribution in [1.82, 2.24) is 5.32 Å². The van der Waals surface area contributed by atoms with E-state index in [9.17, 15) is 30.3 Å². The van der Waals surface area contributed by atoms with Crippen LogP contribution in [-0.4, -0.2) is 87.5 Å². The van der Waals surface area contributed by atoms with Gasteiger partial charge in [0.2, 0.25) is 5.91 Å². The van der Waals surface area contributed by atoms with E-state index in [0.29, 0.717) is 6.42 Å². The average Bonchev–Trinajstić information content (AvgIpc) is 3.18. The van der Waals surface area contributed by atoms with Crippen LogP contribution in [0.5, 0.6) is 0 Å². The maximum absolute atomic E-state index is 12.9. The van der Waals surface area contributed by atoms with Crippen molar-refractivity contribution in [1.29, 1.82) is 0 Å². The van der Waals surface area contributed by atoms with Gasteiger partial charge in [0.15, 0.2) is 6.29 Å². The number of carbonyl (C=O) groups excluding carboxylic acids is 1. The van der Waals surface area contributed by atoms with Crippen molar-refractivity contribution >= 4 is 5.91 Å². The molecule has 0 aromatic rings. The van der Waals surface area contributed by atoms with Gasteiger partial charge in [-0.2, -0.15) is 0 Å². The summed E-state index contributed by atoms with van der Waals surface area (Å²) in [6.45, 7) is 3.74. The standard InChI is InChI=1S/C46H87NO8/c1-3-5-7-9-11-13-15-16-17-18-19-20-21-22-23-24-25-26-27-29-31-33-35-40(49)39(38-54-46-45(53)44(52)43(51)41(37-48)55-46)47-42(50)36-34-32-30-28-14-12-10-8-6-4-2/h26-27,33,35,39-41,43-46,48-49,51-53H,3-25,28-32,34,36-38H2,1-2H3,(H,47,50)/b27-26+,35-33+. The molecule has 7 atom stereocenters. The summed E-state index contributed by atoms with van der Waals surface area (Å²) in [4.78, 5) is 12.9. The summed E-state index contributed by atoms with van der Waals surface area (Å²) >= 11 is 0. The van der Waals surface area contributed by atoms with Gasteiger partial charge < -0.3 is 40.3 Å². The zero-order valence-corrected chi connectivity index (χ0v) is 35.4. The van der Waals surface area contributed by atoms with Crippen LogP contribution < -0.4 is 5.32 Å². The summed E-state index contributed by atoms with van der Waals surface area (Å²) in [6, 6.07) is -0.815. The average molecular weight is 782 g/mol. The minimum Gasteiger partial charge on any atom is -0.394 e. The van der Waals surface area contributed by atoms with Gasteiger partial charge in [0, 0.05) is 6.42 Å². The molecule has 7 unspecified atom stereocenters. The third kappa shape index (κ3) is 27.9. The van der Waals surface area contributed by atoms with Gasteiger partial charge in [-0.1, -0.05) is 192 Å². The van der Waals surface area contributed by atoms with Crippen LogP contribution in [0.2, 0.25) is 0 Å². The zero-order chi connectivity index (χ0) is 40.2. The minimum atomic E-state index is -1.57. The van der Waals surface area contributed by atoms with Crippen molar-refractivity contribution in [3.05, 3.63) is 24.3 Å². The Morgan fingerprint density at radius 2 is 1.04 bits per heavy atom. The van der Waals surface area contributed by atoms with Gasteiger partial charge in [0.25, 0.3) is 0 Å². The monoisotopic (exact) mass is 782 g/mol. The number of aliphatic hydroxyl groups excluding tert-OH is 5. The molecule has 0 bridgehead atoms. The number of nitrogens with one attached hydrogen (secondary N) is 1. The van der Waals surface area contributed by atoms with Crippen molar-refractivity contribution in [2.24, 2.45) is 0 Å². The van der Waals surface area contributed by atoms with Gasteiger partial charge in [-0.15, -0.1) is 0 Å². The molecule has 55 heavy (non-hydrogen) atoms. The number of aliphatic hydroxyl groups is 5. The molecule has 0 aromatic heterocycles. The Bertz CT molecular complexity index is 914. The van der Waals surface area contributed by atoms with Crippen LogP contribution in [0.4, 0.5) is 0 Å². The molecule has 1 aliphatic rings. The van der Waals surface area contributed by atoms with E-state index in [4.69, 9.17) is 9.47 Å². The number of hydrogen-bond acceptors (Lipinski definition) is 8. The molecule has 0 spiro atoms. The van der Waals surface area contributed by atoms with Crippen molar-refractivity contribution in [3.8, 4) is 0 Å². The Kier molecular flexibility index (Phi) is 34.7. The maximum Gasteiger partial charge on any atom is 0.220 e. The summed E-state index contributed by atoms with van der Waals surface area (Å²) in [5, 5.41) is 54.1. The molecule has 0 saturated carbocycles. The lowest BCUT2D eigenvalue weighted by atomic mass is 9.99. The highest BCUT2D eigenvalue weighted by Crippen LogP contribution is 2.22. The minimum absolute atomic E-state index is 0.188. The topological polar surface area (TPSA) is 149 Å². The van der Waals surface area contributed by atoms with E-state index in [1.807, 2.05) is 6.08 Å². The second-order valence-corrected chi connectivity index (χ2v) is 16.2. The van der Waals surface area contributed by atoms with Gasteiger partial charge >= 0.3 is 0 Å². The van der Waals surface area contributed by atoms with Crippen LogP contribution in [0.3, 0.4) is 0 Å². The first-order chi connectivity index (χ1) is 26.8. The number of rotatable bonds is 38. The quantitative estimate of drug-likeness (QED) is 0.0268. The van der Waals surface area contributed by atoms with Crippen LogP contribution >= 0.6 is 0 Å². The Morgan fingerprint density at radius 3 is 1.53 bits per heavy atom. The molecule has 324 valence electrons. The van der Waals surface area contributed by atoms with E-state index in [1.54, 1.807) is 6.08 Å². The van der Waals surface area contributed by atoms with E-state index in [-0.39, 0.29) is 12.5 Å². The van der Waals surface area contributed by atoms with Crippen molar-refractivity contribution in [2.75, 3.05) is 13.2 Å². The number of amides is 1. The molecule has 9 heteroatoms. The molecule has 9 nitrogen and oxygen atoms in total. The summed E-state index contributed by atoms with van der Waals surface area (Å²) in [5.41, 5.74) is 0. The fourth-order valence-corrected chi connectivity index (χ4v) is 7.29. The Labute approximate surface area is 337 Å². The molecule has 0 aliphatic carbocycles. The molecule has 1 heterocycles. The largest absolute Gasteiger partial charge is 0.394 e.